The third kappa shape index (κ3) is 7.24. The van der Waals surface area contributed by atoms with E-state index in [1.807, 2.05) is 45.9 Å². The molecule has 0 radical (unpaired) electrons. The van der Waals surface area contributed by atoms with Crippen molar-refractivity contribution < 1.29 is 9.59 Å². The summed E-state index contributed by atoms with van der Waals surface area (Å²) in [5.74, 6) is -0.447. The van der Waals surface area contributed by atoms with Crippen LogP contribution >= 0.6 is 15.9 Å². The van der Waals surface area contributed by atoms with Gasteiger partial charge in [0.2, 0.25) is 11.8 Å². The van der Waals surface area contributed by atoms with Gasteiger partial charge in [-0.15, -0.1) is 0 Å². The van der Waals surface area contributed by atoms with Crippen molar-refractivity contribution in [3.63, 3.8) is 0 Å². The quantitative estimate of drug-likeness (QED) is 0.758. The number of carbonyl (C=O) groups excluding carboxylic acids is 2. The molecule has 0 bridgehead atoms. The summed E-state index contributed by atoms with van der Waals surface area (Å²) in [6.45, 7) is 7.98. The molecule has 0 aliphatic carbocycles. The normalized spacial score (nSPS) is 11.1. The lowest BCUT2D eigenvalue weighted by Gasteiger charge is -2.19. The zero-order valence-electron chi connectivity index (χ0n) is 12.8. The van der Waals surface area contributed by atoms with Gasteiger partial charge in [0, 0.05) is 15.7 Å². The van der Waals surface area contributed by atoms with E-state index < -0.39 is 0 Å². The molecule has 0 aromatic heterocycles. The van der Waals surface area contributed by atoms with Crippen molar-refractivity contribution in [2.24, 2.45) is 0 Å². The minimum atomic E-state index is -0.246. The summed E-state index contributed by atoms with van der Waals surface area (Å²) in [4.78, 5) is 23.4. The number of nitrogens with one attached hydrogen (secondary N) is 3. The molecule has 21 heavy (non-hydrogen) atoms. The van der Waals surface area contributed by atoms with Crippen LogP contribution in [0.3, 0.4) is 0 Å². The first kappa shape index (κ1) is 17.7. The number of hydrogen-bond acceptors (Lipinski definition) is 3. The molecule has 2 amide bonds. The minimum absolute atomic E-state index is 0.0415. The van der Waals surface area contributed by atoms with Gasteiger partial charge in [-0.05, 0) is 51.5 Å². The zero-order valence-corrected chi connectivity index (χ0v) is 14.4. The van der Waals surface area contributed by atoms with Gasteiger partial charge in [-0.25, -0.2) is 0 Å². The number of hydrogen-bond donors (Lipinski definition) is 3. The second kappa shape index (κ2) is 7.56. The molecule has 0 fully saturated rings. The second-order valence-electron chi connectivity index (χ2n) is 5.89. The number of carbonyl (C=O) groups is 2. The Hall–Kier alpha value is -1.40. The van der Waals surface area contributed by atoms with Crippen LogP contribution in [0.25, 0.3) is 0 Å². The summed E-state index contributed by atoms with van der Waals surface area (Å²) in [5, 5.41) is 8.42. The number of anilines is 1. The van der Waals surface area contributed by atoms with E-state index in [0.717, 1.165) is 15.7 Å². The van der Waals surface area contributed by atoms with Crippen LogP contribution in [0.2, 0.25) is 0 Å². The molecule has 1 aromatic rings. The van der Waals surface area contributed by atoms with Crippen LogP contribution in [-0.2, 0) is 9.59 Å². The van der Waals surface area contributed by atoms with Gasteiger partial charge in [0.05, 0.1) is 13.1 Å². The fourth-order valence-electron chi connectivity index (χ4n) is 1.55. The molecule has 0 aliphatic rings. The molecule has 116 valence electrons. The van der Waals surface area contributed by atoms with Crippen molar-refractivity contribution in [1.82, 2.24) is 10.6 Å². The Kier molecular flexibility index (Phi) is 6.36. The number of rotatable bonds is 5. The van der Waals surface area contributed by atoms with E-state index in [-0.39, 0.29) is 30.4 Å². The Labute approximate surface area is 134 Å². The first-order chi connectivity index (χ1) is 9.67. The molecule has 0 unspecified atom stereocenters. The van der Waals surface area contributed by atoms with Crippen molar-refractivity contribution in [1.29, 1.82) is 0 Å². The van der Waals surface area contributed by atoms with Gasteiger partial charge in [-0.3, -0.25) is 9.59 Å². The molecule has 0 spiro atoms. The lowest BCUT2D eigenvalue weighted by Crippen LogP contribution is -2.44. The second-order valence-corrected chi connectivity index (χ2v) is 6.80. The molecular formula is C15H22BrN3O2. The van der Waals surface area contributed by atoms with Gasteiger partial charge in [0.25, 0.3) is 0 Å². The first-order valence-electron chi connectivity index (χ1n) is 6.75. The fourth-order valence-corrected chi connectivity index (χ4v) is 2.02. The average molecular weight is 356 g/mol. The number of amides is 2. The van der Waals surface area contributed by atoms with Crippen LogP contribution in [-0.4, -0.2) is 30.4 Å². The van der Waals surface area contributed by atoms with Crippen LogP contribution < -0.4 is 16.0 Å². The predicted octanol–water partition coefficient (Wildman–Crippen LogP) is 2.20. The SMILES string of the molecule is Cc1cc(Br)ccc1NC(=O)CNC(=O)CNC(C)(C)C. The van der Waals surface area contributed by atoms with Gasteiger partial charge >= 0.3 is 0 Å². The monoisotopic (exact) mass is 355 g/mol. The minimum Gasteiger partial charge on any atom is -0.346 e. The highest BCUT2D eigenvalue weighted by Crippen LogP contribution is 2.19. The van der Waals surface area contributed by atoms with Gasteiger partial charge in [0.15, 0.2) is 0 Å². The van der Waals surface area contributed by atoms with Gasteiger partial charge in [-0.1, -0.05) is 15.9 Å². The highest BCUT2D eigenvalue weighted by molar-refractivity contribution is 9.10. The molecule has 0 atom stereocenters. The van der Waals surface area contributed by atoms with E-state index in [2.05, 4.69) is 31.9 Å². The summed E-state index contributed by atoms with van der Waals surface area (Å²) in [6, 6.07) is 5.59. The number of aryl methyl sites for hydroxylation is 1. The van der Waals surface area contributed by atoms with E-state index in [0.29, 0.717) is 0 Å². The Morgan fingerprint density at radius 3 is 2.38 bits per heavy atom. The van der Waals surface area contributed by atoms with E-state index in [1.165, 1.54) is 0 Å². The topological polar surface area (TPSA) is 70.2 Å². The van der Waals surface area contributed by atoms with E-state index >= 15 is 0 Å². The van der Waals surface area contributed by atoms with Gasteiger partial charge < -0.3 is 16.0 Å². The summed E-state index contributed by atoms with van der Waals surface area (Å²) in [6.07, 6.45) is 0. The molecule has 3 N–H and O–H groups in total. The summed E-state index contributed by atoms with van der Waals surface area (Å²) in [5.41, 5.74) is 1.57. The van der Waals surface area contributed by atoms with Crippen molar-refractivity contribution in [3.8, 4) is 0 Å². The molecule has 0 saturated carbocycles. The zero-order chi connectivity index (χ0) is 16.0. The largest absolute Gasteiger partial charge is 0.346 e. The maximum absolute atomic E-state index is 11.8. The van der Waals surface area contributed by atoms with Crippen LogP contribution in [0.5, 0.6) is 0 Å². The predicted molar refractivity (Wildman–Crippen MR) is 88.3 cm³/mol. The standard InChI is InChI=1S/C15H22BrN3O2/c1-10-7-11(16)5-6-12(10)19-14(21)8-17-13(20)9-18-15(2,3)4/h5-7,18H,8-9H2,1-4H3,(H,17,20)(H,19,21). The molecule has 0 saturated heterocycles. The smallest absolute Gasteiger partial charge is 0.243 e. The Morgan fingerprint density at radius 2 is 1.81 bits per heavy atom. The maximum atomic E-state index is 11.8. The Morgan fingerprint density at radius 1 is 1.14 bits per heavy atom. The molecule has 1 aromatic carbocycles. The van der Waals surface area contributed by atoms with Crippen LogP contribution in [0.4, 0.5) is 5.69 Å². The van der Waals surface area contributed by atoms with Crippen molar-refractivity contribution in [2.75, 3.05) is 18.4 Å². The molecule has 0 aliphatic heterocycles. The molecular weight excluding hydrogens is 334 g/mol. The molecule has 6 heteroatoms. The maximum Gasteiger partial charge on any atom is 0.243 e. The average Bonchev–Trinajstić information content (AvgIpc) is 2.36. The number of halogens is 1. The summed E-state index contributed by atoms with van der Waals surface area (Å²) in [7, 11) is 0. The van der Waals surface area contributed by atoms with E-state index in [9.17, 15) is 9.59 Å². The van der Waals surface area contributed by atoms with Crippen LogP contribution in [0.1, 0.15) is 26.3 Å². The molecule has 5 nitrogen and oxygen atoms in total. The van der Waals surface area contributed by atoms with E-state index in [4.69, 9.17) is 0 Å². The van der Waals surface area contributed by atoms with Crippen molar-refractivity contribution in [3.05, 3.63) is 28.2 Å². The Bertz CT molecular complexity index is 524. The first-order valence-corrected chi connectivity index (χ1v) is 7.54. The van der Waals surface area contributed by atoms with Crippen molar-refractivity contribution in [2.45, 2.75) is 33.2 Å². The van der Waals surface area contributed by atoms with Crippen LogP contribution in [0, 0.1) is 6.92 Å². The molecule has 0 heterocycles. The van der Waals surface area contributed by atoms with Gasteiger partial charge in [-0.2, -0.15) is 0 Å². The lowest BCUT2D eigenvalue weighted by molar-refractivity contribution is -0.123. The third-order valence-electron chi connectivity index (χ3n) is 2.69. The number of benzene rings is 1. The van der Waals surface area contributed by atoms with Crippen LogP contribution in [0.15, 0.2) is 22.7 Å². The summed E-state index contributed by atoms with van der Waals surface area (Å²) < 4.78 is 0.958. The lowest BCUT2D eigenvalue weighted by atomic mass is 10.1. The molecule has 1 rings (SSSR count). The third-order valence-corrected chi connectivity index (χ3v) is 3.18. The fraction of sp³-hybridized carbons (Fsp3) is 0.467. The highest BCUT2D eigenvalue weighted by Gasteiger charge is 2.12. The summed E-state index contributed by atoms with van der Waals surface area (Å²) >= 11 is 3.37. The highest BCUT2D eigenvalue weighted by atomic mass is 79.9. The van der Waals surface area contributed by atoms with Gasteiger partial charge in [0.1, 0.15) is 0 Å². The van der Waals surface area contributed by atoms with Crippen molar-refractivity contribution >= 4 is 33.4 Å². The Balaban J connectivity index is 2.39. The van der Waals surface area contributed by atoms with E-state index in [1.54, 1.807) is 0 Å².